The van der Waals surface area contributed by atoms with Crippen LogP contribution in [0.25, 0.3) is 0 Å². The molecule has 2 aliphatic rings. The molecule has 1 aromatic carbocycles. The zero-order chi connectivity index (χ0) is 12.4. The quantitative estimate of drug-likeness (QED) is 0.756. The lowest BCUT2D eigenvalue weighted by Gasteiger charge is -2.45. The summed E-state index contributed by atoms with van der Waals surface area (Å²) in [5.41, 5.74) is 1.44. The number of rotatable bonds is 2. The summed E-state index contributed by atoms with van der Waals surface area (Å²) in [5.74, 6) is 0. The molecule has 0 amide bonds. The molecule has 3 rings (SSSR count). The van der Waals surface area contributed by atoms with E-state index in [-0.39, 0.29) is 0 Å². The lowest BCUT2D eigenvalue weighted by molar-refractivity contribution is 0.133. The van der Waals surface area contributed by atoms with Crippen LogP contribution in [-0.4, -0.2) is 43.4 Å². The number of hydrogen-bond acceptors (Lipinski definition) is 3. The van der Waals surface area contributed by atoms with Gasteiger partial charge in [-0.05, 0) is 37.8 Å². The SMILES string of the molecule is CSc1ccccc1N1CCN2CCCCC2C1. The summed E-state index contributed by atoms with van der Waals surface area (Å²) < 4.78 is 0. The number of nitrogens with zero attached hydrogens (tertiary/aromatic N) is 2. The number of piperazine rings is 1. The van der Waals surface area contributed by atoms with Crippen LogP contribution in [0, 0.1) is 0 Å². The minimum Gasteiger partial charge on any atom is -0.368 e. The Morgan fingerprint density at radius 1 is 1.11 bits per heavy atom. The highest BCUT2D eigenvalue weighted by Crippen LogP contribution is 2.31. The van der Waals surface area contributed by atoms with Crippen LogP contribution in [0.3, 0.4) is 0 Å². The summed E-state index contributed by atoms with van der Waals surface area (Å²) in [4.78, 5) is 6.71. The molecule has 0 saturated carbocycles. The van der Waals surface area contributed by atoms with E-state index in [0.717, 1.165) is 6.04 Å². The second-order valence-electron chi connectivity index (χ2n) is 5.30. The van der Waals surface area contributed by atoms with Crippen molar-refractivity contribution in [2.75, 3.05) is 37.3 Å². The molecule has 1 atom stereocenters. The fourth-order valence-corrected chi connectivity index (χ4v) is 3.89. The summed E-state index contributed by atoms with van der Waals surface area (Å²) in [6.45, 7) is 4.97. The molecule has 0 radical (unpaired) electrons. The Hall–Kier alpha value is -0.670. The van der Waals surface area contributed by atoms with Crippen molar-refractivity contribution in [1.82, 2.24) is 4.90 Å². The molecule has 18 heavy (non-hydrogen) atoms. The van der Waals surface area contributed by atoms with Crippen molar-refractivity contribution in [3.63, 3.8) is 0 Å². The number of anilines is 1. The van der Waals surface area contributed by atoms with Crippen LogP contribution in [-0.2, 0) is 0 Å². The van der Waals surface area contributed by atoms with Gasteiger partial charge in [0.05, 0.1) is 5.69 Å². The highest BCUT2D eigenvalue weighted by atomic mass is 32.2. The summed E-state index contributed by atoms with van der Waals surface area (Å²) in [7, 11) is 0. The van der Waals surface area contributed by atoms with E-state index in [1.54, 1.807) is 0 Å². The van der Waals surface area contributed by atoms with Crippen LogP contribution in [0.2, 0.25) is 0 Å². The van der Waals surface area contributed by atoms with Gasteiger partial charge in [-0.2, -0.15) is 0 Å². The smallest absolute Gasteiger partial charge is 0.0505 e. The molecule has 0 bridgehead atoms. The van der Waals surface area contributed by atoms with E-state index in [1.165, 1.54) is 56.0 Å². The van der Waals surface area contributed by atoms with E-state index in [0.29, 0.717) is 0 Å². The third kappa shape index (κ3) is 2.39. The van der Waals surface area contributed by atoms with E-state index in [1.807, 2.05) is 11.8 Å². The molecule has 0 aromatic heterocycles. The fourth-order valence-electron chi connectivity index (χ4n) is 3.27. The minimum absolute atomic E-state index is 0.794. The van der Waals surface area contributed by atoms with Crippen molar-refractivity contribution in [3.05, 3.63) is 24.3 Å². The van der Waals surface area contributed by atoms with Gasteiger partial charge in [0.1, 0.15) is 0 Å². The maximum absolute atomic E-state index is 2.70. The number of piperidine rings is 1. The van der Waals surface area contributed by atoms with E-state index in [9.17, 15) is 0 Å². The Labute approximate surface area is 114 Å². The van der Waals surface area contributed by atoms with Gasteiger partial charge in [0.25, 0.3) is 0 Å². The lowest BCUT2D eigenvalue weighted by Crippen LogP contribution is -2.55. The molecule has 1 aromatic rings. The van der Waals surface area contributed by atoms with Gasteiger partial charge in [-0.25, -0.2) is 0 Å². The molecular formula is C15H22N2S. The Morgan fingerprint density at radius 3 is 2.89 bits per heavy atom. The Morgan fingerprint density at radius 2 is 2.00 bits per heavy atom. The van der Waals surface area contributed by atoms with Gasteiger partial charge in [-0.1, -0.05) is 18.6 Å². The molecule has 0 spiro atoms. The first kappa shape index (κ1) is 12.4. The molecular weight excluding hydrogens is 240 g/mol. The Kier molecular flexibility index (Phi) is 3.80. The normalized spacial score (nSPS) is 24.9. The summed E-state index contributed by atoms with van der Waals surface area (Å²) >= 11 is 1.86. The molecule has 0 aliphatic carbocycles. The average molecular weight is 262 g/mol. The van der Waals surface area contributed by atoms with Crippen molar-refractivity contribution in [2.45, 2.75) is 30.2 Å². The molecule has 2 heterocycles. The first-order valence-corrected chi connectivity index (χ1v) is 8.23. The topological polar surface area (TPSA) is 6.48 Å². The van der Waals surface area contributed by atoms with E-state index in [4.69, 9.17) is 0 Å². The monoisotopic (exact) mass is 262 g/mol. The van der Waals surface area contributed by atoms with Gasteiger partial charge in [0.15, 0.2) is 0 Å². The number of benzene rings is 1. The van der Waals surface area contributed by atoms with Crippen LogP contribution in [0.4, 0.5) is 5.69 Å². The van der Waals surface area contributed by atoms with Crippen LogP contribution in [0.5, 0.6) is 0 Å². The maximum atomic E-state index is 2.70. The number of hydrogen-bond donors (Lipinski definition) is 0. The molecule has 98 valence electrons. The van der Waals surface area contributed by atoms with Crippen molar-refractivity contribution in [3.8, 4) is 0 Å². The van der Waals surface area contributed by atoms with Gasteiger partial charge in [-0.3, -0.25) is 4.90 Å². The summed E-state index contributed by atoms with van der Waals surface area (Å²) in [6, 6.07) is 9.63. The van der Waals surface area contributed by atoms with Crippen LogP contribution in [0.1, 0.15) is 19.3 Å². The van der Waals surface area contributed by atoms with Crippen molar-refractivity contribution >= 4 is 17.4 Å². The van der Waals surface area contributed by atoms with Crippen LogP contribution in [0.15, 0.2) is 29.2 Å². The fraction of sp³-hybridized carbons (Fsp3) is 0.600. The molecule has 2 fully saturated rings. The number of fused-ring (bicyclic) bond motifs is 1. The second kappa shape index (κ2) is 5.54. The molecule has 0 N–H and O–H groups in total. The standard InChI is InChI=1S/C15H22N2S/c1-18-15-8-3-2-7-14(15)17-11-10-16-9-5-4-6-13(16)12-17/h2-3,7-8,13H,4-6,9-12H2,1H3. The van der Waals surface area contributed by atoms with Crippen molar-refractivity contribution < 1.29 is 0 Å². The molecule has 2 nitrogen and oxygen atoms in total. The van der Waals surface area contributed by atoms with Crippen molar-refractivity contribution in [1.29, 1.82) is 0 Å². The van der Waals surface area contributed by atoms with E-state index < -0.39 is 0 Å². The van der Waals surface area contributed by atoms with Gasteiger partial charge >= 0.3 is 0 Å². The molecule has 2 aliphatic heterocycles. The predicted molar refractivity (Wildman–Crippen MR) is 79.6 cm³/mol. The van der Waals surface area contributed by atoms with Gasteiger partial charge < -0.3 is 4.90 Å². The van der Waals surface area contributed by atoms with Gasteiger partial charge in [0.2, 0.25) is 0 Å². The highest BCUT2D eigenvalue weighted by molar-refractivity contribution is 7.98. The first-order valence-electron chi connectivity index (χ1n) is 7.00. The molecule has 2 saturated heterocycles. The Bertz CT molecular complexity index is 407. The van der Waals surface area contributed by atoms with E-state index >= 15 is 0 Å². The average Bonchev–Trinajstić information content (AvgIpc) is 2.46. The van der Waals surface area contributed by atoms with Gasteiger partial charge in [-0.15, -0.1) is 11.8 Å². The second-order valence-corrected chi connectivity index (χ2v) is 6.15. The van der Waals surface area contributed by atoms with E-state index in [2.05, 4.69) is 40.3 Å². The molecule has 3 heteroatoms. The first-order chi connectivity index (χ1) is 8.88. The minimum atomic E-state index is 0.794. The zero-order valence-corrected chi connectivity index (χ0v) is 12.0. The zero-order valence-electron chi connectivity index (χ0n) is 11.1. The predicted octanol–water partition coefficient (Wildman–Crippen LogP) is 3.08. The highest BCUT2D eigenvalue weighted by Gasteiger charge is 2.29. The summed E-state index contributed by atoms with van der Waals surface area (Å²) in [5, 5.41) is 0. The lowest BCUT2D eigenvalue weighted by atomic mass is 9.99. The number of para-hydroxylation sites is 1. The van der Waals surface area contributed by atoms with Crippen molar-refractivity contribution in [2.24, 2.45) is 0 Å². The largest absolute Gasteiger partial charge is 0.368 e. The third-order valence-corrected chi connectivity index (χ3v) is 5.05. The molecule has 1 unspecified atom stereocenters. The van der Waals surface area contributed by atoms with Crippen LogP contribution < -0.4 is 4.90 Å². The summed E-state index contributed by atoms with van der Waals surface area (Å²) in [6.07, 6.45) is 6.38. The van der Waals surface area contributed by atoms with Crippen LogP contribution >= 0.6 is 11.8 Å². The Balaban J connectivity index is 1.77. The maximum Gasteiger partial charge on any atom is 0.0505 e. The third-order valence-electron chi connectivity index (χ3n) is 4.26. The number of thioether (sulfide) groups is 1. The van der Waals surface area contributed by atoms with Gasteiger partial charge in [0, 0.05) is 30.6 Å².